The van der Waals surface area contributed by atoms with Crippen LogP contribution in [0.15, 0.2) is 35.1 Å². The Kier molecular flexibility index (Phi) is 3.47. The first-order chi connectivity index (χ1) is 8.49. The Labute approximate surface area is 112 Å². The fourth-order valence-corrected chi connectivity index (χ4v) is 1.90. The zero-order valence-electron chi connectivity index (χ0n) is 9.89. The lowest BCUT2D eigenvalue weighted by Crippen LogP contribution is -2.25. The zero-order chi connectivity index (χ0) is 13.3. The van der Waals surface area contributed by atoms with E-state index in [2.05, 4.69) is 21.0 Å². The molecular formula is C12H11BrFN3O. The molecule has 1 aromatic heterocycles. The van der Waals surface area contributed by atoms with Gasteiger partial charge in [0.05, 0.1) is 16.4 Å². The summed E-state index contributed by atoms with van der Waals surface area (Å²) in [7, 11) is 3.42. The van der Waals surface area contributed by atoms with Crippen LogP contribution in [-0.2, 0) is 7.05 Å². The molecule has 0 aliphatic heterocycles. The molecule has 6 heteroatoms. The highest BCUT2D eigenvalue weighted by molar-refractivity contribution is 9.10. The summed E-state index contributed by atoms with van der Waals surface area (Å²) in [6, 6.07) is 4.17. The SMILES string of the molecule is CN(C(=O)c1ccc(F)c(Br)c1)c1cnn(C)c1. The standard InChI is InChI=1S/C12H11BrFN3O/c1-16-7-9(6-15-16)17(2)12(18)8-3-4-11(14)10(13)5-8/h3-7H,1-2H3. The van der Waals surface area contributed by atoms with Gasteiger partial charge < -0.3 is 4.90 Å². The Morgan fingerprint density at radius 1 is 1.50 bits per heavy atom. The molecule has 1 amide bonds. The molecule has 0 atom stereocenters. The van der Waals surface area contributed by atoms with E-state index < -0.39 is 5.82 Å². The molecule has 0 spiro atoms. The molecule has 0 N–H and O–H groups in total. The van der Waals surface area contributed by atoms with E-state index in [-0.39, 0.29) is 10.4 Å². The van der Waals surface area contributed by atoms with Crippen LogP contribution in [0.1, 0.15) is 10.4 Å². The Bertz CT molecular complexity index is 597. The van der Waals surface area contributed by atoms with Crippen LogP contribution in [0.4, 0.5) is 10.1 Å². The van der Waals surface area contributed by atoms with E-state index in [1.807, 2.05) is 0 Å². The predicted molar refractivity (Wildman–Crippen MR) is 70.0 cm³/mol. The number of anilines is 1. The highest BCUT2D eigenvalue weighted by Crippen LogP contribution is 2.19. The van der Waals surface area contributed by atoms with Gasteiger partial charge in [0.15, 0.2) is 0 Å². The van der Waals surface area contributed by atoms with Crippen LogP contribution in [0, 0.1) is 5.82 Å². The number of benzene rings is 1. The number of amides is 1. The van der Waals surface area contributed by atoms with Crippen molar-refractivity contribution in [2.45, 2.75) is 0 Å². The highest BCUT2D eigenvalue weighted by atomic mass is 79.9. The van der Waals surface area contributed by atoms with Crippen LogP contribution in [0.5, 0.6) is 0 Å². The Balaban J connectivity index is 2.28. The molecule has 2 rings (SSSR count). The molecule has 0 saturated carbocycles. The molecule has 0 bridgehead atoms. The summed E-state index contributed by atoms with van der Waals surface area (Å²) in [5.74, 6) is -0.612. The van der Waals surface area contributed by atoms with Gasteiger partial charge in [-0.3, -0.25) is 9.48 Å². The van der Waals surface area contributed by atoms with Gasteiger partial charge in [0.2, 0.25) is 0 Å². The van der Waals surface area contributed by atoms with Gasteiger partial charge in [0.25, 0.3) is 5.91 Å². The summed E-state index contributed by atoms with van der Waals surface area (Å²) >= 11 is 3.06. The number of carbonyl (C=O) groups excluding carboxylic acids is 1. The molecule has 0 aliphatic rings. The fourth-order valence-electron chi connectivity index (χ4n) is 1.52. The van der Waals surface area contributed by atoms with Crippen molar-refractivity contribution in [1.82, 2.24) is 9.78 Å². The number of nitrogens with zero attached hydrogens (tertiary/aromatic N) is 3. The van der Waals surface area contributed by atoms with Crippen LogP contribution < -0.4 is 4.90 Å². The van der Waals surface area contributed by atoms with Crippen LogP contribution in [0.25, 0.3) is 0 Å². The number of carbonyl (C=O) groups is 1. The van der Waals surface area contributed by atoms with Crippen molar-refractivity contribution in [1.29, 1.82) is 0 Å². The molecule has 2 aromatic rings. The maximum absolute atomic E-state index is 13.1. The number of rotatable bonds is 2. The highest BCUT2D eigenvalue weighted by Gasteiger charge is 2.15. The summed E-state index contributed by atoms with van der Waals surface area (Å²) < 4.78 is 15.0. The summed E-state index contributed by atoms with van der Waals surface area (Å²) in [5, 5.41) is 4.00. The molecule has 0 radical (unpaired) electrons. The average Bonchev–Trinajstić information content (AvgIpc) is 2.77. The third-order valence-electron chi connectivity index (χ3n) is 2.55. The van der Waals surface area contributed by atoms with E-state index in [0.717, 1.165) is 0 Å². The van der Waals surface area contributed by atoms with E-state index >= 15 is 0 Å². The summed E-state index contributed by atoms with van der Waals surface area (Å²) in [4.78, 5) is 13.6. The second kappa shape index (κ2) is 4.89. The fraction of sp³-hybridized carbons (Fsp3) is 0.167. The molecular weight excluding hydrogens is 301 g/mol. The van der Waals surface area contributed by atoms with E-state index in [9.17, 15) is 9.18 Å². The largest absolute Gasteiger partial charge is 0.309 e. The Morgan fingerprint density at radius 2 is 2.22 bits per heavy atom. The normalized spacial score (nSPS) is 10.4. The lowest BCUT2D eigenvalue weighted by molar-refractivity contribution is 0.0993. The van der Waals surface area contributed by atoms with E-state index in [1.165, 1.54) is 23.1 Å². The molecule has 0 saturated heterocycles. The van der Waals surface area contributed by atoms with Gasteiger partial charge in [-0.1, -0.05) is 0 Å². The van der Waals surface area contributed by atoms with Crippen molar-refractivity contribution in [2.24, 2.45) is 7.05 Å². The number of aryl methyl sites for hydroxylation is 1. The van der Waals surface area contributed by atoms with Crippen molar-refractivity contribution in [2.75, 3.05) is 11.9 Å². The smallest absolute Gasteiger partial charge is 0.258 e. The van der Waals surface area contributed by atoms with Crippen LogP contribution in [0.3, 0.4) is 0 Å². The van der Waals surface area contributed by atoms with Gasteiger partial charge >= 0.3 is 0 Å². The van der Waals surface area contributed by atoms with Gasteiger partial charge in [-0.25, -0.2) is 4.39 Å². The predicted octanol–water partition coefficient (Wildman–Crippen LogP) is 2.60. The summed E-state index contributed by atoms with van der Waals surface area (Å²) in [6.07, 6.45) is 3.33. The minimum atomic E-state index is -0.393. The first-order valence-corrected chi connectivity index (χ1v) is 6.00. The third kappa shape index (κ3) is 2.43. The van der Waals surface area contributed by atoms with Gasteiger partial charge in [0, 0.05) is 25.9 Å². The molecule has 0 aliphatic carbocycles. The zero-order valence-corrected chi connectivity index (χ0v) is 11.5. The minimum Gasteiger partial charge on any atom is -0.309 e. The molecule has 0 fully saturated rings. The minimum absolute atomic E-state index is 0.219. The second-order valence-electron chi connectivity index (χ2n) is 3.87. The van der Waals surface area contributed by atoms with Gasteiger partial charge in [-0.05, 0) is 34.1 Å². The summed E-state index contributed by atoms with van der Waals surface area (Å²) in [6.45, 7) is 0. The maximum Gasteiger partial charge on any atom is 0.258 e. The Hall–Kier alpha value is -1.69. The van der Waals surface area contributed by atoms with Crippen molar-refractivity contribution < 1.29 is 9.18 Å². The van der Waals surface area contributed by atoms with Crippen LogP contribution in [0.2, 0.25) is 0 Å². The van der Waals surface area contributed by atoms with Crippen LogP contribution in [-0.4, -0.2) is 22.7 Å². The molecule has 4 nitrogen and oxygen atoms in total. The first kappa shape index (κ1) is 12.8. The monoisotopic (exact) mass is 311 g/mol. The van der Waals surface area contributed by atoms with Crippen molar-refractivity contribution in [3.05, 3.63) is 46.4 Å². The first-order valence-electron chi connectivity index (χ1n) is 5.21. The number of aromatic nitrogens is 2. The second-order valence-corrected chi connectivity index (χ2v) is 4.72. The lowest BCUT2D eigenvalue weighted by atomic mass is 10.2. The van der Waals surface area contributed by atoms with Gasteiger partial charge in [0.1, 0.15) is 5.82 Å². The maximum atomic E-state index is 13.1. The van der Waals surface area contributed by atoms with Crippen LogP contribution >= 0.6 is 15.9 Å². The third-order valence-corrected chi connectivity index (χ3v) is 3.16. The number of hydrogen-bond acceptors (Lipinski definition) is 2. The van der Waals surface area contributed by atoms with Crippen molar-refractivity contribution in [3.8, 4) is 0 Å². The number of halogens is 2. The molecule has 1 heterocycles. The van der Waals surface area contributed by atoms with Crippen molar-refractivity contribution >= 4 is 27.5 Å². The number of hydrogen-bond donors (Lipinski definition) is 0. The molecule has 94 valence electrons. The summed E-state index contributed by atoms with van der Waals surface area (Å²) in [5.41, 5.74) is 1.09. The quantitative estimate of drug-likeness (QED) is 0.855. The van der Waals surface area contributed by atoms with E-state index in [0.29, 0.717) is 11.3 Å². The van der Waals surface area contributed by atoms with E-state index in [1.54, 1.807) is 31.2 Å². The van der Waals surface area contributed by atoms with E-state index in [4.69, 9.17) is 0 Å². The molecule has 18 heavy (non-hydrogen) atoms. The topological polar surface area (TPSA) is 38.1 Å². The molecule has 1 aromatic carbocycles. The average molecular weight is 312 g/mol. The van der Waals surface area contributed by atoms with Gasteiger partial charge in [-0.15, -0.1) is 0 Å². The molecule has 0 unspecified atom stereocenters. The lowest BCUT2D eigenvalue weighted by Gasteiger charge is -2.15. The van der Waals surface area contributed by atoms with Gasteiger partial charge in [-0.2, -0.15) is 5.10 Å². The van der Waals surface area contributed by atoms with Crippen molar-refractivity contribution in [3.63, 3.8) is 0 Å². The Morgan fingerprint density at radius 3 is 2.78 bits per heavy atom.